The van der Waals surface area contributed by atoms with Crippen molar-refractivity contribution >= 4 is 11.7 Å². The molecule has 1 saturated heterocycles. The smallest absolute Gasteiger partial charge is 0.392 e. The second-order valence-electron chi connectivity index (χ2n) is 6.92. The van der Waals surface area contributed by atoms with Crippen LogP contribution in [0.4, 0.5) is 10.5 Å². The summed E-state index contributed by atoms with van der Waals surface area (Å²) in [6, 6.07) is 8.03. The Labute approximate surface area is 145 Å². The van der Waals surface area contributed by atoms with E-state index >= 15 is 0 Å². The van der Waals surface area contributed by atoms with Crippen LogP contribution in [0, 0.1) is 0 Å². The molecule has 1 aromatic carbocycles. The van der Waals surface area contributed by atoms with Gasteiger partial charge in [0.05, 0.1) is 5.92 Å². The fraction of sp³-hybridized carbons (Fsp3) is 0.500. The predicted octanol–water partition coefficient (Wildman–Crippen LogP) is 3.04. The lowest BCUT2D eigenvalue weighted by Crippen LogP contribution is -2.41. The zero-order valence-electron chi connectivity index (χ0n) is 14.0. The number of benzene rings is 1. The summed E-state index contributed by atoms with van der Waals surface area (Å²) in [5, 5.41) is 9.13. The van der Waals surface area contributed by atoms with Gasteiger partial charge in [-0.15, -0.1) is 5.10 Å². The molecule has 2 aliphatic rings. The minimum Gasteiger partial charge on any atom is -0.392 e. The van der Waals surface area contributed by atoms with Crippen LogP contribution < -0.4 is 11.1 Å². The standard InChI is InChI=1S/C18H22N4O3/c23-17(19-15-8-6-13(7-9-15)12-3-1-4-12)22-10-2-5-14(11-22)16-20-21-18(24)25-16/h6-9,12,14H,1-5,10-11H2,(H,19,23)(H,21,24). The lowest BCUT2D eigenvalue weighted by atomic mass is 9.80. The number of nitrogens with one attached hydrogen (secondary N) is 2. The summed E-state index contributed by atoms with van der Waals surface area (Å²) < 4.78 is 5.04. The highest BCUT2D eigenvalue weighted by molar-refractivity contribution is 5.89. The summed E-state index contributed by atoms with van der Waals surface area (Å²) in [6.07, 6.45) is 5.56. The van der Waals surface area contributed by atoms with Crippen LogP contribution in [0.15, 0.2) is 33.5 Å². The lowest BCUT2D eigenvalue weighted by molar-refractivity contribution is 0.186. The highest BCUT2D eigenvalue weighted by Crippen LogP contribution is 2.36. The Hall–Kier alpha value is -2.57. The fourth-order valence-corrected chi connectivity index (χ4v) is 3.56. The molecule has 1 aromatic heterocycles. The molecule has 1 aliphatic carbocycles. The summed E-state index contributed by atoms with van der Waals surface area (Å²) in [5.74, 6) is 0.478. The minimum absolute atomic E-state index is 0.0422. The Morgan fingerprint density at radius 2 is 1.92 bits per heavy atom. The second kappa shape index (κ2) is 6.74. The number of likely N-dealkylation sites (tertiary alicyclic amines) is 1. The highest BCUT2D eigenvalue weighted by atomic mass is 16.4. The van der Waals surface area contributed by atoms with Gasteiger partial charge in [-0.3, -0.25) is 0 Å². The molecule has 1 unspecified atom stereocenters. The van der Waals surface area contributed by atoms with Gasteiger partial charge in [0.1, 0.15) is 0 Å². The average Bonchev–Trinajstić information content (AvgIpc) is 3.02. The molecule has 2 amide bonds. The molecule has 0 bridgehead atoms. The van der Waals surface area contributed by atoms with Crippen molar-refractivity contribution in [3.05, 3.63) is 46.3 Å². The SMILES string of the molecule is O=C(Nc1ccc(C2CCC2)cc1)N1CCCC(c2n[nH]c(=O)o2)C1. The van der Waals surface area contributed by atoms with E-state index in [0.29, 0.717) is 24.9 Å². The maximum absolute atomic E-state index is 12.5. The van der Waals surface area contributed by atoms with Crippen LogP contribution in [0.25, 0.3) is 0 Å². The third kappa shape index (κ3) is 3.45. The molecule has 2 fully saturated rings. The topological polar surface area (TPSA) is 91.2 Å². The Morgan fingerprint density at radius 3 is 2.56 bits per heavy atom. The van der Waals surface area contributed by atoms with Gasteiger partial charge in [-0.25, -0.2) is 14.7 Å². The Balaban J connectivity index is 1.37. The zero-order valence-corrected chi connectivity index (χ0v) is 14.0. The van der Waals surface area contributed by atoms with Crippen LogP contribution in [0.1, 0.15) is 55.4 Å². The van der Waals surface area contributed by atoms with E-state index in [0.717, 1.165) is 18.5 Å². The number of nitrogens with zero attached hydrogens (tertiary/aromatic N) is 2. The number of aromatic nitrogens is 2. The van der Waals surface area contributed by atoms with Crippen LogP contribution >= 0.6 is 0 Å². The maximum Gasteiger partial charge on any atom is 0.434 e. The van der Waals surface area contributed by atoms with Gasteiger partial charge >= 0.3 is 11.8 Å². The lowest BCUT2D eigenvalue weighted by Gasteiger charge is -2.31. The van der Waals surface area contributed by atoms with Crippen LogP contribution in [-0.2, 0) is 0 Å². The van der Waals surface area contributed by atoms with Gasteiger partial charge in [-0.05, 0) is 49.3 Å². The molecule has 1 saturated carbocycles. The van der Waals surface area contributed by atoms with Crippen molar-refractivity contribution in [2.45, 2.75) is 43.9 Å². The fourth-order valence-electron chi connectivity index (χ4n) is 3.56. The number of rotatable bonds is 3. The van der Waals surface area contributed by atoms with E-state index in [1.165, 1.54) is 24.8 Å². The van der Waals surface area contributed by atoms with Crippen molar-refractivity contribution in [1.82, 2.24) is 15.1 Å². The van der Waals surface area contributed by atoms with Crippen molar-refractivity contribution < 1.29 is 9.21 Å². The normalized spacial score (nSPS) is 21.0. The first-order valence-corrected chi connectivity index (χ1v) is 8.90. The van der Waals surface area contributed by atoms with Crippen molar-refractivity contribution in [3.8, 4) is 0 Å². The molecule has 0 radical (unpaired) electrons. The number of H-pyrrole nitrogens is 1. The summed E-state index contributed by atoms with van der Waals surface area (Å²) in [5.41, 5.74) is 2.16. The largest absolute Gasteiger partial charge is 0.434 e. The number of carbonyl (C=O) groups is 1. The molecule has 132 valence electrons. The summed E-state index contributed by atoms with van der Waals surface area (Å²) in [4.78, 5) is 25.4. The summed E-state index contributed by atoms with van der Waals surface area (Å²) in [7, 11) is 0. The molecule has 7 heteroatoms. The monoisotopic (exact) mass is 342 g/mol. The predicted molar refractivity (Wildman–Crippen MR) is 92.7 cm³/mol. The van der Waals surface area contributed by atoms with Gasteiger partial charge in [0.2, 0.25) is 5.89 Å². The number of piperidine rings is 1. The highest BCUT2D eigenvalue weighted by Gasteiger charge is 2.28. The number of anilines is 1. The Kier molecular flexibility index (Phi) is 4.29. The van der Waals surface area contributed by atoms with Crippen molar-refractivity contribution in [2.24, 2.45) is 0 Å². The van der Waals surface area contributed by atoms with Crippen molar-refractivity contribution in [3.63, 3.8) is 0 Å². The Bertz CT molecular complexity index is 791. The van der Waals surface area contributed by atoms with Gasteiger partial charge in [-0.1, -0.05) is 18.6 Å². The third-order valence-electron chi connectivity index (χ3n) is 5.25. The molecule has 1 atom stereocenters. The van der Waals surface area contributed by atoms with Crippen molar-refractivity contribution in [1.29, 1.82) is 0 Å². The molecule has 7 nitrogen and oxygen atoms in total. The molecule has 1 aliphatic heterocycles. The number of hydrogen-bond acceptors (Lipinski definition) is 4. The number of hydrogen-bond donors (Lipinski definition) is 2. The molecule has 25 heavy (non-hydrogen) atoms. The van der Waals surface area contributed by atoms with E-state index in [2.05, 4.69) is 27.6 Å². The van der Waals surface area contributed by atoms with Crippen LogP contribution in [-0.4, -0.2) is 34.2 Å². The minimum atomic E-state index is -0.553. The molecule has 2 aromatic rings. The third-order valence-corrected chi connectivity index (χ3v) is 5.25. The van der Waals surface area contributed by atoms with E-state index in [-0.39, 0.29) is 11.9 Å². The van der Waals surface area contributed by atoms with Crippen LogP contribution in [0.3, 0.4) is 0 Å². The molecule has 2 heterocycles. The summed E-state index contributed by atoms with van der Waals surface area (Å²) in [6.45, 7) is 1.19. The van der Waals surface area contributed by atoms with Crippen molar-refractivity contribution in [2.75, 3.05) is 18.4 Å². The first kappa shape index (κ1) is 15.9. The van der Waals surface area contributed by atoms with E-state index in [1.807, 2.05) is 12.1 Å². The number of amides is 2. The summed E-state index contributed by atoms with van der Waals surface area (Å²) >= 11 is 0. The zero-order chi connectivity index (χ0) is 17.2. The van der Waals surface area contributed by atoms with E-state index in [9.17, 15) is 9.59 Å². The molecular weight excluding hydrogens is 320 g/mol. The van der Waals surface area contributed by atoms with Gasteiger partial charge in [0.25, 0.3) is 0 Å². The average molecular weight is 342 g/mol. The first-order valence-electron chi connectivity index (χ1n) is 8.90. The number of aromatic amines is 1. The van der Waals surface area contributed by atoms with Gasteiger partial charge in [0.15, 0.2) is 0 Å². The van der Waals surface area contributed by atoms with Gasteiger partial charge in [0, 0.05) is 18.8 Å². The quantitative estimate of drug-likeness (QED) is 0.897. The molecule has 0 spiro atoms. The van der Waals surface area contributed by atoms with Gasteiger partial charge in [-0.2, -0.15) is 0 Å². The molecular formula is C18H22N4O3. The van der Waals surface area contributed by atoms with Crippen LogP contribution in [0.5, 0.6) is 0 Å². The van der Waals surface area contributed by atoms with Crippen LogP contribution in [0.2, 0.25) is 0 Å². The first-order chi connectivity index (χ1) is 12.2. The van der Waals surface area contributed by atoms with E-state index in [4.69, 9.17) is 4.42 Å². The second-order valence-corrected chi connectivity index (χ2v) is 6.92. The molecule has 2 N–H and O–H groups in total. The maximum atomic E-state index is 12.5. The Morgan fingerprint density at radius 1 is 1.16 bits per heavy atom. The van der Waals surface area contributed by atoms with E-state index in [1.54, 1.807) is 4.90 Å². The molecule has 4 rings (SSSR count). The van der Waals surface area contributed by atoms with Gasteiger partial charge < -0.3 is 14.6 Å². The van der Waals surface area contributed by atoms with E-state index < -0.39 is 5.76 Å². The number of urea groups is 1. The number of carbonyl (C=O) groups excluding carboxylic acids is 1.